The Kier molecular flexibility index (Phi) is 4.99. The number of hydrogen-bond acceptors (Lipinski definition) is 3. The Morgan fingerprint density at radius 3 is 2.67 bits per heavy atom. The van der Waals surface area contributed by atoms with Gasteiger partial charge in [0.25, 0.3) is 0 Å². The van der Waals surface area contributed by atoms with Crippen LogP contribution in [0.4, 0.5) is 0 Å². The van der Waals surface area contributed by atoms with E-state index in [1.165, 1.54) is 0 Å². The van der Waals surface area contributed by atoms with Crippen LogP contribution in [0.2, 0.25) is 5.02 Å². The van der Waals surface area contributed by atoms with E-state index in [2.05, 4.69) is 5.32 Å². The number of carbonyl (C=O) groups is 1. The summed E-state index contributed by atoms with van der Waals surface area (Å²) in [4.78, 5) is 11.3. The van der Waals surface area contributed by atoms with Crippen LogP contribution >= 0.6 is 11.6 Å². The van der Waals surface area contributed by atoms with Crippen LogP contribution in [-0.4, -0.2) is 19.6 Å². The van der Waals surface area contributed by atoms with Crippen LogP contribution in [0.5, 0.6) is 5.75 Å². The molecular formula is C13H19ClN2O2. The highest BCUT2D eigenvalue weighted by molar-refractivity contribution is 6.32. The van der Waals surface area contributed by atoms with Gasteiger partial charge in [-0.2, -0.15) is 0 Å². The minimum atomic E-state index is -0.208. The number of amides is 1. The van der Waals surface area contributed by atoms with Crippen molar-refractivity contribution in [3.8, 4) is 5.75 Å². The third kappa shape index (κ3) is 2.94. The minimum Gasteiger partial charge on any atom is -0.496 e. The molecule has 0 aliphatic rings. The lowest BCUT2D eigenvalue weighted by molar-refractivity contribution is -0.120. The molecular weight excluding hydrogens is 252 g/mol. The van der Waals surface area contributed by atoms with Crippen LogP contribution in [0.3, 0.4) is 0 Å². The van der Waals surface area contributed by atoms with Crippen LogP contribution in [0.1, 0.15) is 29.7 Å². The molecule has 0 spiro atoms. The quantitative estimate of drug-likeness (QED) is 0.881. The summed E-state index contributed by atoms with van der Waals surface area (Å²) in [6.07, 6.45) is 0. The average Bonchev–Trinajstić information content (AvgIpc) is 2.34. The fourth-order valence-electron chi connectivity index (χ4n) is 2.02. The fourth-order valence-corrected chi connectivity index (χ4v) is 2.17. The van der Waals surface area contributed by atoms with E-state index in [0.29, 0.717) is 5.02 Å². The number of hydrogen-bond donors (Lipinski definition) is 2. The number of nitrogens with one attached hydrogen (secondary N) is 1. The van der Waals surface area contributed by atoms with Gasteiger partial charge in [0.2, 0.25) is 5.91 Å². The van der Waals surface area contributed by atoms with E-state index in [-0.39, 0.29) is 18.5 Å². The van der Waals surface area contributed by atoms with Crippen molar-refractivity contribution in [2.45, 2.75) is 26.8 Å². The molecule has 1 unspecified atom stereocenters. The van der Waals surface area contributed by atoms with E-state index in [1.807, 2.05) is 26.8 Å². The van der Waals surface area contributed by atoms with Crippen LogP contribution in [0, 0.1) is 13.8 Å². The molecule has 0 aliphatic carbocycles. The zero-order chi connectivity index (χ0) is 13.9. The summed E-state index contributed by atoms with van der Waals surface area (Å²) in [6.45, 7) is 5.68. The van der Waals surface area contributed by atoms with Gasteiger partial charge in [0.15, 0.2) is 0 Å². The lowest BCUT2D eigenvalue weighted by Crippen LogP contribution is -2.32. The summed E-state index contributed by atoms with van der Waals surface area (Å²) in [6, 6.07) is 1.67. The molecule has 0 heterocycles. The Balaban J connectivity index is 3.21. The van der Waals surface area contributed by atoms with Gasteiger partial charge in [-0.05, 0) is 38.0 Å². The minimum absolute atomic E-state index is 0.0364. The molecule has 0 radical (unpaired) electrons. The molecule has 0 aromatic heterocycles. The lowest BCUT2D eigenvalue weighted by atomic mass is 9.98. The van der Waals surface area contributed by atoms with Gasteiger partial charge in [0.1, 0.15) is 5.75 Å². The van der Waals surface area contributed by atoms with Gasteiger partial charge in [-0.25, -0.2) is 0 Å². The number of halogens is 1. The van der Waals surface area contributed by atoms with Crippen molar-refractivity contribution < 1.29 is 9.53 Å². The molecule has 0 bridgehead atoms. The molecule has 3 N–H and O–H groups in total. The second kappa shape index (κ2) is 6.07. The van der Waals surface area contributed by atoms with Crippen molar-refractivity contribution in [3.63, 3.8) is 0 Å². The fraction of sp³-hybridized carbons (Fsp3) is 0.462. The highest BCUT2D eigenvalue weighted by atomic mass is 35.5. The Morgan fingerprint density at radius 1 is 1.56 bits per heavy atom. The molecule has 1 atom stereocenters. The van der Waals surface area contributed by atoms with Gasteiger partial charge >= 0.3 is 0 Å². The first-order chi connectivity index (χ1) is 8.42. The topological polar surface area (TPSA) is 64.3 Å². The molecule has 1 aromatic carbocycles. The van der Waals surface area contributed by atoms with E-state index in [4.69, 9.17) is 22.1 Å². The molecule has 0 saturated heterocycles. The predicted molar refractivity (Wildman–Crippen MR) is 73.1 cm³/mol. The zero-order valence-corrected chi connectivity index (χ0v) is 11.9. The highest BCUT2D eigenvalue weighted by Crippen LogP contribution is 2.35. The molecule has 18 heavy (non-hydrogen) atoms. The van der Waals surface area contributed by atoms with E-state index in [9.17, 15) is 4.79 Å². The predicted octanol–water partition coefficient (Wildman–Crippen LogP) is 2.10. The summed E-state index contributed by atoms with van der Waals surface area (Å²) in [5.74, 6) is 0.514. The van der Waals surface area contributed by atoms with Gasteiger partial charge in [-0.15, -0.1) is 0 Å². The standard InChI is InChI=1S/C13H19ClN2O2/c1-7-5-10(18-4)12(8(2)13(7)14)9(3)16-11(17)6-15/h5,9H,6,15H2,1-4H3,(H,16,17). The van der Waals surface area contributed by atoms with Gasteiger partial charge in [-0.1, -0.05) is 11.6 Å². The number of aryl methyl sites for hydroxylation is 1. The van der Waals surface area contributed by atoms with E-state index in [0.717, 1.165) is 22.4 Å². The maximum absolute atomic E-state index is 11.3. The van der Waals surface area contributed by atoms with Gasteiger partial charge in [-0.3, -0.25) is 4.79 Å². The number of rotatable bonds is 4. The monoisotopic (exact) mass is 270 g/mol. The average molecular weight is 271 g/mol. The molecule has 1 amide bonds. The maximum Gasteiger partial charge on any atom is 0.234 e. The molecule has 4 nitrogen and oxygen atoms in total. The van der Waals surface area contributed by atoms with Crippen molar-refractivity contribution >= 4 is 17.5 Å². The molecule has 0 saturated carbocycles. The molecule has 1 rings (SSSR count). The summed E-state index contributed by atoms with van der Waals surface area (Å²) >= 11 is 6.23. The Bertz CT molecular complexity index is 461. The summed E-state index contributed by atoms with van der Waals surface area (Å²) in [5.41, 5.74) is 8.04. The van der Waals surface area contributed by atoms with Crippen molar-refractivity contribution in [1.29, 1.82) is 0 Å². The molecule has 0 aliphatic heterocycles. The number of ether oxygens (including phenoxy) is 1. The molecule has 100 valence electrons. The number of nitrogens with two attached hydrogens (primary N) is 1. The summed E-state index contributed by atoms with van der Waals surface area (Å²) < 4.78 is 5.36. The van der Waals surface area contributed by atoms with Crippen LogP contribution in [-0.2, 0) is 4.79 Å². The highest BCUT2D eigenvalue weighted by Gasteiger charge is 2.19. The van der Waals surface area contributed by atoms with Crippen molar-refractivity contribution in [3.05, 3.63) is 27.8 Å². The van der Waals surface area contributed by atoms with Crippen LogP contribution < -0.4 is 15.8 Å². The summed E-state index contributed by atoms with van der Waals surface area (Å²) in [7, 11) is 1.60. The number of methoxy groups -OCH3 is 1. The Morgan fingerprint density at radius 2 is 2.17 bits per heavy atom. The Labute approximate surface area is 112 Å². The first kappa shape index (κ1) is 14.8. The summed E-state index contributed by atoms with van der Waals surface area (Å²) in [5, 5.41) is 3.50. The van der Waals surface area contributed by atoms with Crippen LogP contribution in [0.15, 0.2) is 6.07 Å². The third-order valence-electron chi connectivity index (χ3n) is 2.91. The van der Waals surface area contributed by atoms with E-state index >= 15 is 0 Å². The SMILES string of the molecule is COc1cc(C)c(Cl)c(C)c1C(C)NC(=O)CN. The third-order valence-corrected chi connectivity index (χ3v) is 3.49. The lowest BCUT2D eigenvalue weighted by Gasteiger charge is -2.21. The van der Waals surface area contributed by atoms with Crippen molar-refractivity contribution in [1.82, 2.24) is 5.32 Å². The second-order valence-electron chi connectivity index (χ2n) is 4.24. The smallest absolute Gasteiger partial charge is 0.234 e. The van der Waals surface area contributed by atoms with E-state index in [1.54, 1.807) is 7.11 Å². The first-order valence-corrected chi connectivity index (χ1v) is 6.13. The molecule has 1 aromatic rings. The maximum atomic E-state index is 11.3. The number of carbonyl (C=O) groups excluding carboxylic acids is 1. The largest absolute Gasteiger partial charge is 0.496 e. The van der Waals surface area contributed by atoms with Gasteiger partial charge in [0.05, 0.1) is 19.7 Å². The van der Waals surface area contributed by atoms with Gasteiger partial charge < -0.3 is 15.8 Å². The van der Waals surface area contributed by atoms with Crippen molar-refractivity contribution in [2.75, 3.05) is 13.7 Å². The van der Waals surface area contributed by atoms with Crippen LogP contribution in [0.25, 0.3) is 0 Å². The number of benzene rings is 1. The first-order valence-electron chi connectivity index (χ1n) is 5.75. The zero-order valence-electron chi connectivity index (χ0n) is 11.1. The van der Waals surface area contributed by atoms with Crippen molar-refractivity contribution in [2.24, 2.45) is 5.73 Å². The van der Waals surface area contributed by atoms with E-state index < -0.39 is 0 Å². The Hall–Kier alpha value is -1.26. The molecule has 5 heteroatoms. The second-order valence-corrected chi connectivity index (χ2v) is 4.62. The normalized spacial score (nSPS) is 12.1. The van der Waals surface area contributed by atoms with Gasteiger partial charge in [0, 0.05) is 10.6 Å². The molecule has 0 fully saturated rings.